The van der Waals surface area contributed by atoms with Crippen LogP contribution in [0.1, 0.15) is 33.1 Å². The highest BCUT2D eigenvalue weighted by molar-refractivity contribution is 9.09. The predicted molar refractivity (Wildman–Crippen MR) is 80.8 cm³/mol. The van der Waals surface area contributed by atoms with Gasteiger partial charge in [-0.2, -0.15) is 4.31 Å². The van der Waals surface area contributed by atoms with Crippen LogP contribution in [-0.2, 0) is 19.9 Å². The maximum Gasteiger partial charge on any atom is 0.217 e. The summed E-state index contributed by atoms with van der Waals surface area (Å²) in [4.78, 5) is 0. The summed E-state index contributed by atoms with van der Waals surface area (Å²) >= 11 is 3.30. The molecule has 0 amide bonds. The summed E-state index contributed by atoms with van der Waals surface area (Å²) in [6.07, 6.45) is 1.20. The van der Waals surface area contributed by atoms with Gasteiger partial charge in [-0.05, 0) is 33.1 Å². The summed E-state index contributed by atoms with van der Waals surface area (Å²) < 4.78 is 49.4. The molecule has 0 atom stereocenters. The Morgan fingerprint density at radius 3 is 2.21 bits per heavy atom. The van der Waals surface area contributed by atoms with Gasteiger partial charge in [-0.3, -0.25) is 0 Å². The smallest absolute Gasteiger partial charge is 0.217 e. The average Bonchev–Trinajstić information content (AvgIpc) is 2.28. The number of alkyl halides is 1. The van der Waals surface area contributed by atoms with Crippen LogP contribution in [0.15, 0.2) is 0 Å². The zero-order chi connectivity index (χ0) is 14.7. The number of hydrogen-bond acceptors (Lipinski definition) is 4. The SMILES string of the molecule is CC(C)N(CCCBr)S(=O)(=O)C1CCS(=O)(=O)CC1. The minimum atomic E-state index is -3.40. The Balaban J connectivity index is 2.83. The number of nitrogens with zero attached hydrogens (tertiary/aromatic N) is 1. The van der Waals surface area contributed by atoms with Gasteiger partial charge in [-0.1, -0.05) is 15.9 Å². The van der Waals surface area contributed by atoms with E-state index in [1.807, 2.05) is 13.8 Å². The summed E-state index contributed by atoms with van der Waals surface area (Å²) in [5.74, 6) is -0.0252. The van der Waals surface area contributed by atoms with Crippen molar-refractivity contribution >= 4 is 35.8 Å². The molecular weight excluding hydrogens is 354 g/mol. The van der Waals surface area contributed by atoms with Crippen LogP contribution < -0.4 is 0 Å². The van der Waals surface area contributed by atoms with Gasteiger partial charge in [0, 0.05) is 17.9 Å². The molecule has 0 bridgehead atoms. The van der Waals surface area contributed by atoms with Gasteiger partial charge in [-0.25, -0.2) is 16.8 Å². The Hall–Kier alpha value is 0.340. The van der Waals surface area contributed by atoms with Crippen molar-refractivity contribution < 1.29 is 16.8 Å². The van der Waals surface area contributed by atoms with E-state index in [-0.39, 0.29) is 30.4 Å². The quantitative estimate of drug-likeness (QED) is 0.657. The first-order chi connectivity index (χ1) is 8.70. The molecule has 1 aliphatic heterocycles. The van der Waals surface area contributed by atoms with Crippen molar-refractivity contribution in [3.8, 4) is 0 Å². The number of hydrogen-bond donors (Lipinski definition) is 0. The molecule has 0 aliphatic carbocycles. The van der Waals surface area contributed by atoms with E-state index in [4.69, 9.17) is 0 Å². The molecule has 1 fully saturated rings. The molecule has 0 aromatic carbocycles. The second-order valence-electron chi connectivity index (χ2n) is 5.14. The standard InChI is InChI=1S/C11H22BrNO4S2/c1-10(2)13(7-3-6-12)19(16,17)11-4-8-18(14,15)9-5-11/h10-11H,3-9H2,1-2H3. The molecule has 5 nitrogen and oxygen atoms in total. The lowest BCUT2D eigenvalue weighted by Gasteiger charge is -2.32. The highest BCUT2D eigenvalue weighted by Crippen LogP contribution is 2.24. The number of sulfone groups is 1. The van der Waals surface area contributed by atoms with Gasteiger partial charge in [0.1, 0.15) is 9.84 Å². The van der Waals surface area contributed by atoms with E-state index in [1.54, 1.807) is 0 Å². The molecule has 114 valence electrons. The summed E-state index contributed by atoms with van der Waals surface area (Å²) in [5, 5.41) is 0.207. The van der Waals surface area contributed by atoms with Crippen LogP contribution in [0.25, 0.3) is 0 Å². The van der Waals surface area contributed by atoms with Crippen molar-refractivity contribution in [3.63, 3.8) is 0 Å². The Bertz CT molecular complexity index is 473. The Morgan fingerprint density at radius 2 is 1.79 bits per heavy atom. The first-order valence-corrected chi connectivity index (χ1v) is 10.9. The van der Waals surface area contributed by atoms with Crippen molar-refractivity contribution in [2.75, 3.05) is 23.4 Å². The van der Waals surface area contributed by atoms with Crippen LogP contribution in [0.5, 0.6) is 0 Å². The maximum atomic E-state index is 12.6. The third-order valence-corrected chi connectivity index (χ3v) is 8.19. The molecule has 0 aromatic rings. The van der Waals surface area contributed by atoms with E-state index in [0.29, 0.717) is 6.54 Å². The predicted octanol–water partition coefficient (Wildman–Crippen LogP) is 1.39. The van der Waals surface area contributed by atoms with E-state index < -0.39 is 25.1 Å². The zero-order valence-electron chi connectivity index (χ0n) is 11.4. The van der Waals surface area contributed by atoms with Crippen molar-refractivity contribution in [2.45, 2.75) is 44.4 Å². The van der Waals surface area contributed by atoms with Crippen LogP contribution in [-0.4, -0.2) is 55.8 Å². The largest absolute Gasteiger partial charge is 0.229 e. The van der Waals surface area contributed by atoms with Crippen molar-refractivity contribution in [1.29, 1.82) is 0 Å². The average molecular weight is 376 g/mol. The molecular formula is C11H22BrNO4S2. The molecule has 0 spiro atoms. The topological polar surface area (TPSA) is 71.5 Å². The molecule has 19 heavy (non-hydrogen) atoms. The van der Waals surface area contributed by atoms with E-state index in [1.165, 1.54) is 4.31 Å². The Morgan fingerprint density at radius 1 is 1.26 bits per heavy atom. The van der Waals surface area contributed by atoms with Crippen molar-refractivity contribution in [2.24, 2.45) is 0 Å². The third-order valence-electron chi connectivity index (χ3n) is 3.34. The highest BCUT2D eigenvalue weighted by atomic mass is 79.9. The molecule has 0 saturated carbocycles. The molecule has 1 aliphatic rings. The minimum Gasteiger partial charge on any atom is -0.229 e. The molecule has 0 unspecified atom stereocenters. The summed E-state index contributed by atoms with van der Waals surface area (Å²) in [7, 11) is -6.43. The Kier molecular flexibility index (Phi) is 6.28. The van der Waals surface area contributed by atoms with Crippen molar-refractivity contribution in [1.82, 2.24) is 4.31 Å². The molecule has 1 saturated heterocycles. The molecule has 0 aromatic heterocycles. The summed E-state index contributed by atoms with van der Waals surface area (Å²) in [6.45, 7) is 4.19. The van der Waals surface area contributed by atoms with E-state index in [2.05, 4.69) is 15.9 Å². The summed E-state index contributed by atoms with van der Waals surface area (Å²) in [5.41, 5.74) is 0. The second kappa shape index (κ2) is 6.87. The van der Waals surface area contributed by atoms with Gasteiger partial charge in [0.15, 0.2) is 0 Å². The molecule has 0 radical (unpaired) electrons. The lowest BCUT2D eigenvalue weighted by atomic mass is 10.2. The first-order valence-electron chi connectivity index (χ1n) is 6.48. The molecule has 1 heterocycles. The fourth-order valence-electron chi connectivity index (χ4n) is 2.25. The van der Waals surface area contributed by atoms with Crippen LogP contribution in [0, 0.1) is 0 Å². The fraction of sp³-hybridized carbons (Fsp3) is 1.00. The van der Waals surface area contributed by atoms with Gasteiger partial charge >= 0.3 is 0 Å². The van der Waals surface area contributed by atoms with Gasteiger partial charge in [0.05, 0.1) is 16.8 Å². The Labute approximate surface area is 124 Å². The zero-order valence-corrected chi connectivity index (χ0v) is 14.6. The first kappa shape index (κ1) is 17.4. The fourth-order valence-corrected chi connectivity index (χ4v) is 6.48. The lowest BCUT2D eigenvalue weighted by molar-refractivity contribution is 0.347. The van der Waals surface area contributed by atoms with Crippen molar-refractivity contribution in [3.05, 3.63) is 0 Å². The van der Waals surface area contributed by atoms with Crippen LogP contribution in [0.3, 0.4) is 0 Å². The number of halogens is 1. The van der Waals surface area contributed by atoms with Gasteiger partial charge < -0.3 is 0 Å². The van der Waals surface area contributed by atoms with E-state index in [0.717, 1.165) is 11.8 Å². The van der Waals surface area contributed by atoms with Crippen LogP contribution in [0.2, 0.25) is 0 Å². The second-order valence-corrected chi connectivity index (χ2v) is 10.4. The van der Waals surface area contributed by atoms with Crippen LogP contribution in [0.4, 0.5) is 0 Å². The highest BCUT2D eigenvalue weighted by Gasteiger charge is 2.37. The number of rotatable bonds is 6. The number of sulfonamides is 1. The van der Waals surface area contributed by atoms with E-state index in [9.17, 15) is 16.8 Å². The van der Waals surface area contributed by atoms with Gasteiger partial charge in [-0.15, -0.1) is 0 Å². The third kappa shape index (κ3) is 4.68. The van der Waals surface area contributed by atoms with E-state index >= 15 is 0 Å². The minimum absolute atomic E-state index is 0.0126. The summed E-state index contributed by atoms with van der Waals surface area (Å²) in [6, 6.07) is -0.0948. The van der Waals surface area contributed by atoms with Gasteiger partial charge in [0.25, 0.3) is 0 Å². The maximum absolute atomic E-state index is 12.6. The van der Waals surface area contributed by atoms with Gasteiger partial charge in [0.2, 0.25) is 10.0 Å². The lowest BCUT2D eigenvalue weighted by Crippen LogP contribution is -2.46. The monoisotopic (exact) mass is 375 g/mol. The molecule has 0 N–H and O–H groups in total. The van der Waals surface area contributed by atoms with Crippen LogP contribution >= 0.6 is 15.9 Å². The normalized spacial score (nSPS) is 21.1. The molecule has 8 heteroatoms. The molecule has 1 rings (SSSR count).